The van der Waals surface area contributed by atoms with Gasteiger partial charge in [0.25, 0.3) is 0 Å². The minimum atomic E-state index is -0.206. The number of rotatable bonds is 10. The van der Waals surface area contributed by atoms with Crippen LogP contribution in [-0.4, -0.2) is 28.3 Å². The van der Waals surface area contributed by atoms with Gasteiger partial charge in [-0.1, -0.05) is 61.0 Å². The molecule has 0 unspecified atom stereocenters. The van der Waals surface area contributed by atoms with E-state index in [1.807, 2.05) is 98.3 Å². The summed E-state index contributed by atoms with van der Waals surface area (Å²) in [6, 6.07) is 17.3. The van der Waals surface area contributed by atoms with E-state index in [-0.39, 0.29) is 18.5 Å². The molecule has 0 aliphatic carbocycles. The van der Waals surface area contributed by atoms with Gasteiger partial charge in [-0.2, -0.15) is 0 Å². The lowest BCUT2D eigenvalue weighted by Gasteiger charge is -2.16. The maximum atomic E-state index is 13.0. The summed E-state index contributed by atoms with van der Waals surface area (Å²) in [5, 5.41) is 8.66. The van der Waals surface area contributed by atoms with Crippen molar-refractivity contribution in [3.05, 3.63) is 94.8 Å². The number of aromatic nitrogens is 1. The number of ether oxygens (including phenoxy) is 1. The van der Waals surface area contributed by atoms with Crippen molar-refractivity contribution in [2.75, 3.05) is 6.61 Å². The molecule has 2 aromatic carbocycles. The van der Waals surface area contributed by atoms with E-state index in [9.17, 15) is 4.79 Å². The van der Waals surface area contributed by atoms with E-state index in [2.05, 4.69) is 4.89 Å². The second kappa shape index (κ2) is 10.8. The van der Waals surface area contributed by atoms with Crippen LogP contribution in [0.4, 0.5) is 0 Å². The number of nitrogens with zero attached hydrogens (tertiary/aromatic N) is 1. The quantitative estimate of drug-likeness (QED) is 0.260. The van der Waals surface area contributed by atoms with Crippen molar-refractivity contribution in [1.29, 1.82) is 0 Å². The third-order valence-corrected chi connectivity index (χ3v) is 5.07. The minimum absolute atomic E-state index is 0.0219. The first kappa shape index (κ1) is 22.5. The summed E-state index contributed by atoms with van der Waals surface area (Å²) in [7, 11) is 0. The van der Waals surface area contributed by atoms with Crippen molar-refractivity contribution in [3.63, 3.8) is 0 Å². The van der Waals surface area contributed by atoms with E-state index in [0.29, 0.717) is 17.8 Å². The fourth-order valence-electron chi connectivity index (χ4n) is 3.36. The Labute approximate surface area is 183 Å². The van der Waals surface area contributed by atoms with Crippen molar-refractivity contribution >= 4 is 11.9 Å². The fraction of sp³-hybridized carbons (Fsp3) is 0.269. The summed E-state index contributed by atoms with van der Waals surface area (Å²) in [6.07, 6.45) is 6.55. The lowest BCUT2D eigenvalue weighted by molar-refractivity contribution is -0.254. The molecule has 0 radical (unpaired) electrons. The van der Waals surface area contributed by atoms with Crippen LogP contribution in [0.3, 0.4) is 0 Å². The Kier molecular flexibility index (Phi) is 7.82. The average molecular weight is 420 g/mol. The van der Waals surface area contributed by atoms with Crippen molar-refractivity contribution in [2.45, 2.75) is 39.8 Å². The van der Waals surface area contributed by atoms with E-state index in [1.54, 1.807) is 0 Å². The molecule has 0 saturated heterocycles. The minimum Gasteiger partial charge on any atom is -0.488 e. The molecule has 1 N–H and O–H groups in total. The van der Waals surface area contributed by atoms with E-state index < -0.39 is 0 Å². The number of hydrogen-bond acceptors (Lipinski definition) is 4. The molecule has 31 heavy (non-hydrogen) atoms. The van der Waals surface area contributed by atoms with Crippen LogP contribution in [0.5, 0.6) is 5.75 Å². The molecule has 162 valence electrons. The zero-order valence-electron chi connectivity index (χ0n) is 18.2. The van der Waals surface area contributed by atoms with Gasteiger partial charge in [0.2, 0.25) is 5.78 Å². The molecule has 3 aromatic rings. The zero-order valence-corrected chi connectivity index (χ0v) is 18.2. The van der Waals surface area contributed by atoms with E-state index in [1.165, 1.54) is 0 Å². The Balaban J connectivity index is 1.71. The number of benzene rings is 2. The van der Waals surface area contributed by atoms with E-state index >= 15 is 0 Å². The maximum absolute atomic E-state index is 13.0. The molecular weight excluding hydrogens is 390 g/mol. The third-order valence-electron chi connectivity index (χ3n) is 5.07. The van der Waals surface area contributed by atoms with Crippen LogP contribution in [0, 0.1) is 13.8 Å². The standard InChI is InChI=1S/C26H29NO4/c1-4-23(18-30-29)31-24-9-5-7-21(16-24)8-6-14-27-17-20(3)15-25(27)26(28)22-12-10-19(2)11-13-22/h5-13,15-17,23,29H,4,14,18H2,1-3H3/b8-6+/t23-/m0/s1. The van der Waals surface area contributed by atoms with Gasteiger partial charge in [-0.3, -0.25) is 10.1 Å². The van der Waals surface area contributed by atoms with E-state index in [4.69, 9.17) is 9.99 Å². The number of hydrogen-bond donors (Lipinski definition) is 1. The normalized spacial score (nSPS) is 12.3. The van der Waals surface area contributed by atoms with Crippen LogP contribution >= 0.6 is 0 Å². The van der Waals surface area contributed by atoms with Gasteiger partial charge in [-0.25, -0.2) is 4.89 Å². The van der Waals surface area contributed by atoms with Gasteiger partial charge in [0.05, 0.1) is 5.69 Å². The third kappa shape index (κ3) is 6.17. The highest BCUT2D eigenvalue weighted by atomic mass is 17.1. The Morgan fingerprint density at radius 2 is 1.87 bits per heavy atom. The number of ketones is 1. The molecule has 1 atom stereocenters. The number of carbonyl (C=O) groups excluding carboxylic acids is 1. The topological polar surface area (TPSA) is 60.7 Å². The first-order valence-corrected chi connectivity index (χ1v) is 10.5. The highest BCUT2D eigenvalue weighted by Crippen LogP contribution is 2.18. The van der Waals surface area contributed by atoms with Crippen molar-refractivity contribution in [1.82, 2.24) is 4.57 Å². The largest absolute Gasteiger partial charge is 0.488 e. The zero-order chi connectivity index (χ0) is 22.2. The Hall–Kier alpha value is -3.15. The molecule has 1 aromatic heterocycles. The van der Waals surface area contributed by atoms with Crippen LogP contribution < -0.4 is 4.74 Å². The second-order valence-corrected chi connectivity index (χ2v) is 7.67. The molecule has 0 amide bonds. The predicted molar refractivity (Wildman–Crippen MR) is 123 cm³/mol. The molecule has 0 fully saturated rings. The van der Waals surface area contributed by atoms with Crippen LogP contribution in [0.1, 0.15) is 46.1 Å². The first-order valence-electron chi connectivity index (χ1n) is 10.5. The van der Waals surface area contributed by atoms with Gasteiger partial charge in [0.15, 0.2) is 0 Å². The molecular formula is C26H29NO4. The summed E-state index contributed by atoms with van der Waals surface area (Å²) >= 11 is 0. The first-order chi connectivity index (χ1) is 15.0. The Morgan fingerprint density at radius 3 is 2.58 bits per heavy atom. The number of allylic oxidation sites excluding steroid dienone is 1. The van der Waals surface area contributed by atoms with Crippen molar-refractivity contribution in [3.8, 4) is 5.75 Å². The second-order valence-electron chi connectivity index (χ2n) is 7.67. The molecule has 1 heterocycles. The van der Waals surface area contributed by atoms with Crippen LogP contribution in [0.2, 0.25) is 0 Å². The lowest BCUT2D eigenvalue weighted by atomic mass is 10.1. The Morgan fingerprint density at radius 1 is 1.10 bits per heavy atom. The monoisotopic (exact) mass is 419 g/mol. The molecule has 0 aliphatic heterocycles. The lowest BCUT2D eigenvalue weighted by Crippen LogP contribution is -2.21. The molecule has 0 spiro atoms. The van der Waals surface area contributed by atoms with Gasteiger partial charge in [0.1, 0.15) is 18.5 Å². The summed E-state index contributed by atoms with van der Waals surface area (Å²) in [6.45, 7) is 6.69. The molecule has 0 saturated carbocycles. The van der Waals surface area contributed by atoms with Gasteiger partial charge in [0, 0.05) is 18.3 Å². The van der Waals surface area contributed by atoms with Crippen molar-refractivity contribution < 1.29 is 19.7 Å². The van der Waals surface area contributed by atoms with E-state index in [0.717, 1.165) is 28.9 Å². The molecule has 3 rings (SSSR count). The summed E-state index contributed by atoms with van der Waals surface area (Å²) in [5.41, 5.74) is 4.55. The van der Waals surface area contributed by atoms with Gasteiger partial charge in [-0.15, -0.1) is 0 Å². The van der Waals surface area contributed by atoms with Crippen LogP contribution in [-0.2, 0) is 11.4 Å². The summed E-state index contributed by atoms with van der Waals surface area (Å²) < 4.78 is 7.82. The van der Waals surface area contributed by atoms with Gasteiger partial charge in [-0.05, 0) is 49.6 Å². The smallest absolute Gasteiger partial charge is 0.209 e. The summed E-state index contributed by atoms with van der Waals surface area (Å²) in [4.78, 5) is 17.2. The SMILES string of the molecule is CC[C@@H](COO)Oc1cccc(/C=C/Cn2cc(C)cc2C(=O)c2ccc(C)cc2)c1. The highest BCUT2D eigenvalue weighted by molar-refractivity contribution is 6.08. The predicted octanol–water partition coefficient (Wildman–Crippen LogP) is 5.70. The Bertz CT molecular complexity index is 1030. The molecule has 0 bridgehead atoms. The van der Waals surface area contributed by atoms with Gasteiger partial charge < -0.3 is 9.30 Å². The highest BCUT2D eigenvalue weighted by Gasteiger charge is 2.14. The van der Waals surface area contributed by atoms with Crippen LogP contribution in [0.15, 0.2) is 66.9 Å². The van der Waals surface area contributed by atoms with Gasteiger partial charge >= 0.3 is 0 Å². The molecule has 0 aliphatic rings. The molecule has 5 heteroatoms. The van der Waals surface area contributed by atoms with Crippen molar-refractivity contribution in [2.24, 2.45) is 0 Å². The van der Waals surface area contributed by atoms with Crippen LogP contribution in [0.25, 0.3) is 6.08 Å². The summed E-state index contributed by atoms with van der Waals surface area (Å²) in [5.74, 6) is 0.742. The maximum Gasteiger partial charge on any atom is 0.209 e. The number of aryl methyl sites for hydroxylation is 2. The average Bonchev–Trinajstić information content (AvgIpc) is 3.14. The molecule has 5 nitrogen and oxygen atoms in total. The fourth-order valence-corrected chi connectivity index (χ4v) is 3.36. The number of carbonyl (C=O) groups is 1.